The van der Waals surface area contributed by atoms with Crippen LogP contribution >= 0.6 is 11.6 Å². The number of ether oxygens (including phenoxy) is 2. The number of rotatable bonds is 5. The van der Waals surface area contributed by atoms with Crippen molar-refractivity contribution in [2.75, 3.05) is 14.2 Å². The van der Waals surface area contributed by atoms with E-state index in [4.69, 9.17) is 26.2 Å². The van der Waals surface area contributed by atoms with E-state index < -0.39 is 0 Å². The smallest absolute Gasteiger partial charge is 0.285 e. The number of hydrogen-bond acceptors (Lipinski definition) is 6. The van der Waals surface area contributed by atoms with Crippen LogP contribution in [0.3, 0.4) is 0 Å². The van der Waals surface area contributed by atoms with E-state index in [1.165, 1.54) is 4.57 Å². The van der Waals surface area contributed by atoms with Crippen molar-refractivity contribution in [3.8, 4) is 28.3 Å². The molecule has 2 aromatic carbocycles. The average Bonchev–Trinajstić information content (AvgIpc) is 3.23. The van der Waals surface area contributed by atoms with Crippen LogP contribution < -0.4 is 15.0 Å². The molecule has 3 heterocycles. The Hall–Kier alpha value is -3.91. The van der Waals surface area contributed by atoms with Gasteiger partial charge in [0.1, 0.15) is 17.0 Å². The van der Waals surface area contributed by atoms with Gasteiger partial charge in [0.15, 0.2) is 11.2 Å². The summed E-state index contributed by atoms with van der Waals surface area (Å²) >= 11 is 6.22. The molecule has 0 unspecified atom stereocenters. The zero-order valence-corrected chi connectivity index (χ0v) is 19.0. The van der Waals surface area contributed by atoms with Crippen LogP contribution in [0.25, 0.3) is 33.5 Å². The molecule has 5 aromatic rings. The van der Waals surface area contributed by atoms with Crippen molar-refractivity contribution in [2.45, 2.75) is 13.3 Å². The van der Waals surface area contributed by atoms with E-state index in [2.05, 4.69) is 10.2 Å². The lowest BCUT2D eigenvalue weighted by molar-refractivity contribution is 0.401. The number of aryl methyl sites for hydroxylation is 1. The maximum absolute atomic E-state index is 13.4. The number of nitrogens with zero attached hydrogens (tertiary/aromatic N) is 5. The van der Waals surface area contributed by atoms with Gasteiger partial charge in [-0.1, -0.05) is 30.7 Å². The quantitative estimate of drug-likeness (QED) is 0.387. The van der Waals surface area contributed by atoms with Gasteiger partial charge in [-0.2, -0.15) is 5.10 Å². The third kappa shape index (κ3) is 3.39. The molecule has 0 amide bonds. The Morgan fingerprint density at radius 1 is 1.03 bits per heavy atom. The molecule has 8 nitrogen and oxygen atoms in total. The van der Waals surface area contributed by atoms with Crippen molar-refractivity contribution < 1.29 is 9.47 Å². The van der Waals surface area contributed by atoms with Crippen molar-refractivity contribution >= 4 is 28.3 Å². The van der Waals surface area contributed by atoms with Crippen LogP contribution in [-0.2, 0) is 6.42 Å². The summed E-state index contributed by atoms with van der Waals surface area (Å²) in [6.07, 6.45) is 2.36. The fraction of sp³-hybridized carbons (Fsp3) is 0.167. The number of halogens is 1. The number of pyridine rings is 1. The predicted octanol–water partition coefficient (Wildman–Crippen LogP) is 4.33. The van der Waals surface area contributed by atoms with E-state index in [9.17, 15) is 4.79 Å². The summed E-state index contributed by atoms with van der Waals surface area (Å²) in [6, 6.07) is 14.6. The summed E-state index contributed by atoms with van der Waals surface area (Å²) < 4.78 is 13.9. The number of methoxy groups -OCH3 is 2. The van der Waals surface area contributed by atoms with Crippen molar-refractivity contribution in [2.24, 2.45) is 0 Å². The average molecular weight is 462 g/mol. The summed E-state index contributed by atoms with van der Waals surface area (Å²) in [4.78, 5) is 13.4. The van der Waals surface area contributed by atoms with E-state index >= 15 is 0 Å². The van der Waals surface area contributed by atoms with Gasteiger partial charge in [0.25, 0.3) is 5.56 Å². The van der Waals surface area contributed by atoms with Crippen molar-refractivity contribution in [3.05, 3.63) is 75.8 Å². The highest BCUT2D eigenvalue weighted by Crippen LogP contribution is 2.31. The first-order valence-corrected chi connectivity index (χ1v) is 10.7. The summed E-state index contributed by atoms with van der Waals surface area (Å²) in [5.41, 5.74) is 4.12. The molecule has 0 aliphatic rings. The van der Waals surface area contributed by atoms with Crippen LogP contribution in [-0.4, -0.2) is 38.6 Å². The molecule has 0 atom stereocenters. The molecule has 9 heteroatoms. The molecule has 0 bridgehead atoms. The van der Waals surface area contributed by atoms with Crippen molar-refractivity contribution in [1.82, 2.24) is 24.4 Å². The van der Waals surface area contributed by atoms with Crippen LogP contribution in [0.5, 0.6) is 11.5 Å². The van der Waals surface area contributed by atoms with Gasteiger partial charge in [-0.25, -0.2) is 4.52 Å². The Bertz CT molecular complexity index is 1570. The van der Waals surface area contributed by atoms with Gasteiger partial charge >= 0.3 is 0 Å². The summed E-state index contributed by atoms with van der Waals surface area (Å²) in [5.74, 6) is 1.13. The van der Waals surface area contributed by atoms with Crippen molar-refractivity contribution in [1.29, 1.82) is 0 Å². The van der Waals surface area contributed by atoms with E-state index in [1.54, 1.807) is 49.2 Å². The third-order valence-corrected chi connectivity index (χ3v) is 5.78. The minimum absolute atomic E-state index is 0.192. The second-order valence-electron chi connectivity index (χ2n) is 7.38. The molecular weight excluding hydrogens is 442 g/mol. The molecule has 0 fully saturated rings. The van der Waals surface area contributed by atoms with E-state index in [1.807, 2.05) is 31.2 Å². The lowest BCUT2D eigenvalue weighted by Gasteiger charge is -2.13. The highest BCUT2D eigenvalue weighted by molar-refractivity contribution is 6.30. The highest BCUT2D eigenvalue weighted by Gasteiger charge is 2.20. The summed E-state index contributed by atoms with van der Waals surface area (Å²) in [6.45, 7) is 2.02. The van der Waals surface area contributed by atoms with Crippen LogP contribution in [0.2, 0.25) is 5.02 Å². The molecule has 0 N–H and O–H groups in total. The molecule has 0 aliphatic carbocycles. The number of hydrogen-bond donors (Lipinski definition) is 0. The zero-order valence-electron chi connectivity index (χ0n) is 18.2. The molecule has 0 saturated heterocycles. The lowest BCUT2D eigenvalue weighted by Crippen LogP contribution is -2.20. The van der Waals surface area contributed by atoms with Gasteiger partial charge in [-0.05, 0) is 42.3 Å². The van der Waals surface area contributed by atoms with Crippen molar-refractivity contribution in [3.63, 3.8) is 0 Å². The molecule has 166 valence electrons. The Kier molecular flexibility index (Phi) is 5.22. The zero-order chi connectivity index (χ0) is 23.1. The molecule has 0 spiro atoms. The largest absolute Gasteiger partial charge is 0.497 e. The monoisotopic (exact) mass is 461 g/mol. The van der Waals surface area contributed by atoms with E-state index in [0.717, 1.165) is 16.8 Å². The lowest BCUT2D eigenvalue weighted by atomic mass is 10.0. The Balaban J connectivity index is 1.77. The molecule has 0 aliphatic heterocycles. The van der Waals surface area contributed by atoms with E-state index in [0.29, 0.717) is 39.8 Å². The number of fused-ring (bicyclic) bond motifs is 3. The van der Waals surface area contributed by atoms with Gasteiger partial charge in [0.2, 0.25) is 0 Å². The Morgan fingerprint density at radius 3 is 2.61 bits per heavy atom. The molecular formula is C24H20ClN5O3. The minimum Gasteiger partial charge on any atom is -0.497 e. The maximum atomic E-state index is 13.4. The fourth-order valence-electron chi connectivity index (χ4n) is 3.95. The Morgan fingerprint density at radius 2 is 1.88 bits per heavy atom. The minimum atomic E-state index is -0.341. The maximum Gasteiger partial charge on any atom is 0.285 e. The van der Waals surface area contributed by atoms with Crippen LogP contribution in [0.4, 0.5) is 0 Å². The van der Waals surface area contributed by atoms with Gasteiger partial charge in [-0.15, -0.1) is 10.2 Å². The van der Waals surface area contributed by atoms with Gasteiger partial charge in [0.05, 0.1) is 31.2 Å². The molecule has 33 heavy (non-hydrogen) atoms. The summed E-state index contributed by atoms with van der Waals surface area (Å²) in [5, 5.41) is 14.1. The first-order valence-electron chi connectivity index (χ1n) is 10.3. The van der Waals surface area contributed by atoms with E-state index in [-0.39, 0.29) is 11.1 Å². The molecule has 0 saturated carbocycles. The molecule has 3 aromatic heterocycles. The first kappa shape index (κ1) is 21.0. The normalized spacial score (nSPS) is 11.3. The molecule has 5 rings (SSSR count). The standard InChI is InChI=1S/C24H20ClN5O3/c1-4-17-21(14-6-5-7-15(25)12-14)23-27-26-22-18(30(23)28-17)10-11-29(24(22)31)19-13-16(32-2)8-9-20(19)33-3/h5-13H,4H2,1-3H3. The first-order chi connectivity index (χ1) is 16.0. The topological polar surface area (TPSA) is 83.5 Å². The van der Waals surface area contributed by atoms with Gasteiger partial charge in [-0.3, -0.25) is 9.36 Å². The SMILES string of the molecule is CCc1nn2c(nnc3c(=O)n(-c4cc(OC)ccc4OC)ccc32)c1-c1cccc(Cl)c1. The van der Waals surface area contributed by atoms with Crippen LogP contribution in [0.15, 0.2) is 59.5 Å². The number of benzene rings is 2. The second kappa shape index (κ2) is 8.22. The fourth-order valence-corrected chi connectivity index (χ4v) is 4.14. The van der Waals surface area contributed by atoms with Gasteiger partial charge in [0, 0.05) is 17.3 Å². The summed E-state index contributed by atoms with van der Waals surface area (Å²) in [7, 11) is 3.12. The second-order valence-corrected chi connectivity index (χ2v) is 7.82. The predicted molar refractivity (Wildman–Crippen MR) is 127 cm³/mol. The van der Waals surface area contributed by atoms with Crippen LogP contribution in [0.1, 0.15) is 12.6 Å². The Labute approximate surface area is 194 Å². The third-order valence-electron chi connectivity index (χ3n) is 5.55. The van der Waals surface area contributed by atoms with Gasteiger partial charge < -0.3 is 9.47 Å². The van der Waals surface area contributed by atoms with Crippen LogP contribution in [0, 0.1) is 0 Å². The number of aromatic nitrogens is 5. The molecule has 0 radical (unpaired) electrons. The highest BCUT2D eigenvalue weighted by atomic mass is 35.5.